The van der Waals surface area contributed by atoms with Gasteiger partial charge < -0.3 is 9.84 Å². The number of nitrogens with one attached hydrogen (secondary N) is 1. The molecule has 0 atom stereocenters. The fraction of sp³-hybridized carbons (Fsp3) is 0.200. The molecule has 0 unspecified atom stereocenters. The molecule has 0 aliphatic rings. The van der Waals surface area contributed by atoms with Crippen LogP contribution in [0.1, 0.15) is 11.1 Å². The summed E-state index contributed by atoms with van der Waals surface area (Å²) in [6, 6.07) is 10.7. The summed E-state index contributed by atoms with van der Waals surface area (Å²) >= 11 is 0. The molecule has 0 amide bonds. The largest absolute Gasteiger partial charge is 0.475 e. The first-order chi connectivity index (χ1) is 14.6. The van der Waals surface area contributed by atoms with Gasteiger partial charge in [0.15, 0.2) is 5.82 Å². The second-order valence-electron chi connectivity index (χ2n) is 6.44. The van der Waals surface area contributed by atoms with Crippen LogP contribution in [0, 0.1) is 6.92 Å². The number of aromatic nitrogens is 2. The molecule has 2 N–H and O–H groups in total. The molecule has 0 aliphatic carbocycles. The third kappa shape index (κ3) is 5.12. The van der Waals surface area contributed by atoms with Gasteiger partial charge in [0.25, 0.3) is 10.0 Å². The highest BCUT2D eigenvalue weighted by Crippen LogP contribution is 2.37. The molecule has 0 aliphatic heterocycles. The van der Waals surface area contributed by atoms with Crippen molar-refractivity contribution in [3.63, 3.8) is 0 Å². The number of anilines is 1. The van der Waals surface area contributed by atoms with Gasteiger partial charge in [-0.2, -0.15) is 13.2 Å². The minimum absolute atomic E-state index is 0.0327. The SMILES string of the molecule is Cc1ccc(-c2c(NS(=O)(=O)c3ccccc3C(F)(F)F)ncnc2OCCO)cc1. The van der Waals surface area contributed by atoms with Crippen LogP contribution in [0.2, 0.25) is 0 Å². The van der Waals surface area contributed by atoms with Gasteiger partial charge in [0, 0.05) is 0 Å². The Morgan fingerprint density at radius 3 is 2.39 bits per heavy atom. The lowest BCUT2D eigenvalue weighted by Gasteiger charge is -2.17. The predicted octanol–water partition coefficient (Wildman–Crippen LogP) is 3.64. The zero-order chi connectivity index (χ0) is 22.6. The summed E-state index contributed by atoms with van der Waals surface area (Å²) in [5, 5.41) is 9.05. The van der Waals surface area contributed by atoms with Crippen LogP contribution in [-0.2, 0) is 16.2 Å². The van der Waals surface area contributed by atoms with E-state index in [1.165, 1.54) is 6.07 Å². The standard InChI is InChI=1S/C20H18F3N3O4S/c1-13-6-8-14(9-7-13)17-18(24-12-25-19(17)30-11-10-27)26-31(28,29)16-5-3-2-4-15(16)20(21,22)23/h2-9,12,27H,10-11H2,1H3,(H,24,25,26). The van der Waals surface area contributed by atoms with Crippen molar-refractivity contribution >= 4 is 15.8 Å². The van der Waals surface area contributed by atoms with Gasteiger partial charge >= 0.3 is 6.18 Å². The number of nitrogens with zero attached hydrogens (tertiary/aromatic N) is 2. The molecule has 164 valence electrons. The van der Waals surface area contributed by atoms with Crippen LogP contribution in [0.4, 0.5) is 19.0 Å². The molecule has 2 aromatic carbocycles. The van der Waals surface area contributed by atoms with E-state index in [1.54, 1.807) is 24.3 Å². The number of sulfonamides is 1. The fourth-order valence-electron chi connectivity index (χ4n) is 2.80. The van der Waals surface area contributed by atoms with Crippen LogP contribution >= 0.6 is 0 Å². The van der Waals surface area contributed by atoms with Gasteiger partial charge in [0.2, 0.25) is 5.88 Å². The van der Waals surface area contributed by atoms with Crippen LogP contribution in [-0.4, -0.2) is 36.7 Å². The summed E-state index contributed by atoms with van der Waals surface area (Å²) in [4.78, 5) is 6.96. The summed E-state index contributed by atoms with van der Waals surface area (Å²) in [6.45, 7) is 1.41. The fourth-order valence-corrected chi connectivity index (χ4v) is 4.05. The van der Waals surface area contributed by atoms with Crippen molar-refractivity contribution in [2.45, 2.75) is 18.0 Å². The second kappa shape index (κ2) is 8.90. The molecule has 31 heavy (non-hydrogen) atoms. The van der Waals surface area contributed by atoms with Crippen molar-refractivity contribution in [2.24, 2.45) is 0 Å². The van der Waals surface area contributed by atoms with Gasteiger partial charge in [-0.05, 0) is 24.6 Å². The van der Waals surface area contributed by atoms with E-state index >= 15 is 0 Å². The molecule has 3 aromatic rings. The Labute approximate surface area is 176 Å². The quantitative estimate of drug-likeness (QED) is 0.567. The number of alkyl halides is 3. The monoisotopic (exact) mass is 453 g/mol. The average molecular weight is 453 g/mol. The summed E-state index contributed by atoms with van der Waals surface area (Å²) < 4.78 is 73.3. The zero-order valence-corrected chi connectivity index (χ0v) is 17.0. The van der Waals surface area contributed by atoms with E-state index < -0.39 is 26.7 Å². The summed E-state index contributed by atoms with van der Waals surface area (Å²) in [5.41, 5.74) is 0.231. The Morgan fingerprint density at radius 1 is 1.06 bits per heavy atom. The first-order valence-corrected chi connectivity index (χ1v) is 10.5. The maximum Gasteiger partial charge on any atom is 0.417 e. The van der Waals surface area contributed by atoms with E-state index in [4.69, 9.17) is 9.84 Å². The van der Waals surface area contributed by atoms with Gasteiger partial charge in [-0.3, -0.25) is 4.72 Å². The molecule has 0 spiro atoms. The third-order valence-corrected chi connectivity index (χ3v) is 5.59. The summed E-state index contributed by atoms with van der Waals surface area (Å²) in [7, 11) is -4.67. The highest BCUT2D eigenvalue weighted by Gasteiger charge is 2.37. The number of rotatable bonds is 7. The molecular weight excluding hydrogens is 435 g/mol. The van der Waals surface area contributed by atoms with Gasteiger partial charge in [0.05, 0.1) is 22.6 Å². The molecule has 0 radical (unpaired) electrons. The lowest BCUT2D eigenvalue weighted by atomic mass is 10.1. The Balaban J connectivity index is 2.12. The number of ether oxygens (including phenoxy) is 1. The first-order valence-electron chi connectivity index (χ1n) is 8.98. The van der Waals surface area contributed by atoms with Crippen LogP contribution < -0.4 is 9.46 Å². The van der Waals surface area contributed by atoms with E-state index in [2.05, 4.69) is 14.7 Å². The molecule has 11 heteroatoms. The molecule has 3 rings (SSSR count). The number of hydrogen-bond donors (Lipinski definition) is 2. The van der Waals surface area contributed by atoms with Crippen molar-refractivity contribution in [1.29, 1.82) is 0 Å². The van der Waals surface area contributed by atoms with E-state index in [9.17, 15) is 21.6 Å². The molecule has 0 bridgehead atoms. The minimum Gasteiger partial charge on any atom is -0.475 e. The maximum atomic E-state index is 13.3. The molecule has 0 saturated carbocycles. The Kier molecular flexibility index (Phi) is 6.46. The molecule has 0 saturated heterocycles. The number of aliphatic hydroxyl groups is 1. The third-order valence-electron chi connectivity index (χ3n) is 4.20. The number of halogens is 3. The lowest BCUT2D eigenvalue weighted by Crippen LogP contribution is -2.20. The van der Waals surface area contributed by atoms with Crippen molar-refractivity contribution in [3.8, 4) is 17.0 Å². The minimum atomic E-state index is -4.87. The zero-order valence-electron chi connectivity index (χ0n) is 16.2. The van der Waals surface area contributed by atoms with E-state index in [0.717, 1.165) is 24.0 Å². The van der Waals surface area contributed by atoms with Crippen LogP contribution in [0.25, 0.3) is 11.1 Å². The molecule has 1 heterocycles. The van der Waals surface area contributed by atoms with E-state index in [0.29, 0.717) is 11.6 Å². The van der Waals surface area contributed by atoms with Gasteiger partial charge in [-0.1, -0.05) is 42.0 Å². The van der Waals surface area contributed by atoms with Crippen LogP contribution in [0.5, 0.6) is 5.88 Å². The highest BCUT2D eigenvalue weighted by atomic mass is 32.2. The van der Waals surface area contributed by atoms with Crippen molar-refractivity contribution in [2.75, 3.05) is 17.9 Å². The Bertz CT molecular complexity index is 1170. The maximum absolute atomic E-state index is 13.3. The van der Waals surface area contributed by atoms with Crippen LogP contribution in [0.3, 0.4) is 0 Å². The van der Waals surface area contributed by atoms with E-state index in [1.807, 2.05) is 6.92 Å². The Hall–Kier alpha value is -3.18. The molecule has 0 fully saturated rings. The van der Waals surface area contributed by atoms with Gasteiger partial charge in [-0.25, -0.2) is 18.4 Å². The summed E-state index contributed by atoms with van der Waals surface area (Å²) in [6.07, 6.45) is -3.86. The average Bonchev–Trinajstić information content (AvgIpc) is 2.72. The van der Waals surface area contributed by atoms with Gasteiger partial charge in [-0.15, -0.1) is 0 Å². The predicted molar refractivity (Wildman–Crippen MR) is 107 cm³/mol. The Morgan fingerprint density at radius 2 is 1.74 bits per heavy atom. The number of aryl methyl sites for hydroxylation is 1. The molecular formula is C20H18F3N3O4S. The number of benzene rings is 2. The topological polar surface area (TPSA) is 101 Å². The number of hydrogen-bond acceptors (Lipinski definition) is 6. The lowest BCUT2D eigenvalue weighted by molar-refractivity contribution is -0.139. The second-order valence-corrected chi connectivity index (χ2v) is 8.09. The highest BCUT2D eigenvalue weighted by molar-refractivity contribution is 7.92. The van der Waals surface area contributed by atoms with Crippen molar-refractivity contribution in [1.82, 2.24) is 9.97 Å². The van der Waals surface area contributed by atoms with Gasteiger partial charge in [0.1, 0.15) is 12.9 Å². The van der Waals surface area contributed by atoms with Crippen molar-refractivity contribution < 1.29 is 31.4 Å². The molecule has 1 aromatic heterocycles. The first kappa shape index (κ1) is 22.5. The smallest absolute Gasteiger partial charge is 0.417 e. The molecule has 7 nitrogen and oxygen atoms in total. The van der Waals surface area contributed by atoms with E-state index in [-0.39, 0.29) is 30.5 Å². The van der Waals surface area contributed by atoms with Crippen molar-refractivity contribution in [3.05, 3.63) is 66.0 Å². The normalized spacial score (nSPS) is 11.9. The van der Waals surface area contributed by atoms with Crippen LogP contribution in [0.15, 0.2) is 59.8 Å². The summed E-state index contributed by atoms with van der Waals surface area (Å²) in [5.74, 6) is -0.293. The number of aliphatic hydroxyl groups excluding tert-OH is 1.